The summed E-state index contributed by atoms with van der Waals surface area (Å²) in [6, 6.07) is 21.3. The molecule has 0 saturated carbocycles. The minimum absolute atomic E-state index is 0.0171. The molecule has 3 aliphatic rings. The van der Waals surface area contributed by atoms with Gasteiger partial charge in [0.2, 0.25) is 6.79 Å². The zero-order chi connectivity index (χ0) is 26.5. The number of para-hydroxylation sites is 2. The maximum atomic E-state index is 13.6. The summed E-state index contributed by atoms with van der Waals surface area (Å²) in [6.07, 6.45) is 4.28. The Morgan fingerprint density at radius 3 is 2.77 bits per heavy atom. The van der Waals surface area contributed by atoms with E-state index in [1.54, 1.807) is 4.90 Å². The molecule has 3 heterocycles. The van der Waals surface area contributed by atoms with Gasteiger partial charge in [0.1, 0.15) is 0 Å². The SMILES string of the molecule is C[C@H]1Cc2ccccc2N1C(=O)COC(=O)c1c2c(nc3ccccc13)/C(=C\c1ccc3c(c1)OCO3)CC2. The molecule has 7 rings (SSSR count). The zero-order valence-corrected chi connectivity index (χ0v) is 21.5. The second kappa shape index (κ2) is 9.27. The van der Waals surface area contributed by atoms with Crippen LogP contribution in [0, 0.1) is 0 Å². The van der Waals surface area contributed by atoms with Crippen molar-refractivity contribution in [2.45, 2.75) is 32.2 Å². The normalized spacial score (nSPS) is 17.9. The summed E-state index contributed by atoms with van der Waals surface area (Å²) in [4.78, 5) is 33.5. The largest absolute Gasteiger partial charge is 0.454 e. The third-order valence-corrected chi connectivity index (χ3v) is 7.69. The summed E-state index contributed by atoms with van der Waals surface area (Å²) in [7, 11) is 0. The van der Waals surface area contributed by atoms with E-state index in [4.69, 9.17) is 19.2 Å². The van der Waals surface area contributed by atoms with Crippen molar-refractivity contribution in [3.63, 3.8) is 0 Å². The molecule has 0 bridgehead atoms. The first-order valence-corrected chi connectivity index (χ1v) is 13.2. The lowest BCUT2D eigenvalue weighted by Gasteiger charge is -2.22. The number of benzene rings is 3. The van der Waals surface area contributed by atoms with Crippen LogP contribution in [-0.4, -0.2) is 36.3 Å². The molecule has 0 fully saturated rings. The summed E-state index contributed by atoms with van der Waals surface area (Å²) in [5.41, 5.74) is 6.91. The predicted octanol–water partition coefficient (Wildman–Crippen LogP) is 5.58. The van der Waals surface area contributed by atoms with Crippen molar-refractivity contribution in [1.29, 1.82) is 0 Å². The molecule has 4 aromatic rings. The van der Waals surface area contributed by atoms with E-state index in [1.807, 2.05) is 73.7 Å². The minimum atomic E-state index is -0.498. The lowest BCUT2D eigenvalue weighted by atomic mass is 10.0. The first kappa shape index (κ1) is 23.5. The van der Waals surface area contributed by atoms with E-state index in [0.29, 0.717) is 12.0 Å². The number of anilines is 1. The van der Waals surface area contributed by atoms with Crippen LogP contribution in [0.3, 0.4) is 0 Å². The van der Waals surface area contributed by atoms with E-state index in [2.05, 4.69) is 6.08 Å². The number of esters is 1. The number of amides is 1. The van der Waals surface area contributed by atoms with Gasteiger partial charge in [-0.1, -0.05) is 42.5 Å². The molecule has 3 aromatic carbocycles. The molecule has 39 heavy (non-hydrogen) atoms. The number of hydrogen-bond acceptors (Lipinski definition) is 6. The maximum absolute atomic E-state index is 13.6. The van der Waals surface area contributed by atoms with Gasteiger partial charge in [0, 0.05) is 17.1 Å². The second-order valence-corrected chi connectivity index (χ2v) is 10.1. The Morgan fingerprint density at radius 1 is 1.03 bits per heavy atom. The van der Waals surface area contributed by atoms with Crippen molar-refractivity contribution in [3.8, 4) is 11.5 Å². The Hall–Kier alpha value is -4.65. The van der Waals surface area contributed by atoms with Crippen LogP contribution >= 0.6 is 0 Å². The van der Waals surface area contributed by atoms with Crippen LogP contribution in [0.2, 0.25) is 0 Å². The standard InChI is InChI=1S/C32H26N2O5/c1-19-14-21-6-2-5-9-26(21)34(19)29(35)17-37-32(36)30-23-7-3-4-8-25(23)33-31-22(11-12-24(30)31)15-20-10-13-27-28(16-20)39-18-38-27/h2-10,13,15-16,19H,11-12,14,17-18H2,1H3/b22-15-/t19-/m0/s1. The van der Waals surface area contributed by atoms with Crippen LogP contribution in [0.1, 0.15) is 46.1 Å². The summed E-state index contributed by atoms with van der Waals surface area (Å²) < 4.78 is 16.7. The fraction of sp³-hybridized carbons (Fsp3) is 0.219. The molecule has 1 aromatic heterocycles. The van der Waals surface area contributed by atoms with E-state index in [0.717, 1.165) is 68.9 Å². The summed E-state index contributed by atoms with van der Waals surface area (Å²) in [5.74, 6) is 0.735. The highest BCUT2D eigenvalue weighted by molar-refractivity contribution is 6.08. The predicted molar refractivity (Wildman–Crippen MR) is 148 cm³/mol. The summed E-state index contributed by atoms with van der Waals surface area (Å²) in [6.45, 7) is 1.92. The average molecular weight is 519 g/mol. The number of aromatic nitrogens is 1. The number of allylic oxidation sites excluding steroid dienone is 1. The molecule has 0 N–H and O–H groups in total. The molecular weight excluding hydrogens is 492 g/mol. The second-order valence-electron chi connectivity index (χ2n) is 10.1. The third kappa shape index (κ3) is 4.02. The molecule has 0 unspecified atom stereocenters. The van der Waals surface area contributed by atoms with Gasteiger partial charge in [-0.25, -0.2) is 9.78 Å². The first-order chi connectivity index (χ1) is 19.1. The van der Waals surface area contributed by atoms with E-state index < -0.39 is 5.97 Å². The minimum Gasteiger partial charge on any atom is -0.454 e. The van der Waals surface area contributed by atoms with E-state index in [1.165, 1.54) is 0 Å². The Balaban J connectivity index is 1.19. The molecule has 0 saturated heterocycles. The van der Waals surface area contributed by atoms with Crippen LogP contribution in [0.15, 0.2) is 66.7 Å². The maximum Gasteiger partial charge on any atom is 0.339 e. The van der Waals surface area contributed by atoms with Crippen molar-refractivity contribution >= 4 is 40.1 Å². The van der Waals surface area contributed by atoms with Gasteiger partial charge in [-0.15, -0.1) is 0 Å². The van der Waals surface area contributed by atoms with Gasteiger partial charge < -0.3 is 19.1 Å². The van der Waals surface area contributed by atoms with Crippen LogP contribution in [0.4, 0.5) is 5.69 Å². The van der Waals surface area contributed by atoms with Gasteiger partial charge in [-0.3, -0.25) is 4.79 Å². The van der Waals surface area contributed by atoms with Gasteiger partial charge in [0.25, 0.3) is 5.91 Å². The number of carbonyl (C=O) groups is 2. The lowest BCUT2D eigenvalue weighted by molar-refractivity contribution is -0.122. The van der Waals surface area contributed by atoms with Crippen molar-refractivity contribution in [2.24, 2.45) is 0 Å². The fourth-order valence-electron chi connectivity index (χ4n) is 5.93. The number of rotatable bonds is 4. The molecule has 1 aliphatic carbocycles. The molecule has 0 spiro atoms. The van der Waals surface area contributed by atoms with Crippen LogP contribution in [0.25, 0.3) is 22.6 Å². The summed E-state index contributed by atoms with van der Waals surface area (Å²) >= 11 is 0. The fourth-order valence-corrected chi connectivity index (χ4v) is 5.93. The molecule has 7 nitrogen and oxygen atoms in total. The Labute approximate surface area is 225 Å². The lowest BCUT2D eigenvalue weighted by Crippen LogP contribution is -2.38. The van der Waals surface area contributed by atoms with E-state index in [9.17, 15) is 9.59 Å². The number of pyridine rings is 1. The smallest absolute Gasteiger partial charge is 0.339 e. The number of carbonyl (C=O) groups excluding carboxylic acids is 2. The number of hydrogen-bond donors (Lipinski definition) is 0. The highest BCUT2D eigenvalue weighted by atomic mass is 16.7. The highest BCUT2D eigenvalue weighted by Gasteiger charge is 2.32. The van der Waals surface area contributed by atoms with Gasteiger partial charge in [-0.2, -0.15) is 0 Å². The average Bonchev–Trinajstić information content (AvgIpc) is 3.66. The molecule has 0 radical (unpaired) electrons. The monoisotopic (exact) mass is 518 g/mol. The van der Waals surface area contributed by atoms with E-state index in [-0.39, 0.29) is 25.3 Å². The zero-order valence-electron chi connectivity index (χ0n) is 21.5. The van der Waals surface area contributed by atoms with Crippen molar-refractivity contribution in [3.05, 3.63) is 94.7 Å². The van der Waals surface area contributed by atoms with E-state index >= 15 is 0 Å². The van der Waals surface area contributed by atoms with Crippen molar-refractivity contribution in [1.82, 2.24) is 4.98 Å². The molecule has 7 heteroatoms. The van der Waals surface area contributed by atoms with Crippen molar-refractivity contribution < 1.29 is 23.8 Å². The van der Waals surface area contributed by atoms with Crippen LogP contribution in [-0.2, 0) is 22.4 Å². The van der Waals surface area contributed by atoms with Crippen LogP contribution in [0.5, 0.6) is 11.5 Å². The number of fused-ring (bicyclic) bond motifs is 4. The third-order valence-electron chi connectivity index (χ3n) is 7.69. The first-order valence-electron chi connectivity index (χ1n) is 13.2. The quantitative estimate of drug-likeness (QED) is 0.328. The van der Waals surface area contributed by atoms with Gasteiger partial charge in [-0.05, 0) is 78.8 Å². The summed E-state index contributed by atoms with van der Waals surface area (Å²) in [5, 5.41) is 0.734. The van der Waals surface area contributed by atoms with Gasteiger partial charge in [0.05, 0.1) is 16.8 Å². The number of ether oxygens (including phenoxy) is 3. The molecular formula is C32H26N2O5. The highest BCUT2D eigenvalue weighted by Crippen LogP contribution is 2.39. The van der Waals surface area contributed by atoms with Gasteiger partial charge >= 0.3 is 5.97 Å². The van der Waals surface area contributed by atoms with Gasteiger partial charge in [0.15, 0.2) is 18.1 Å². The molecule has 1 amide bonds. The Morgan fingerprint density at radius 2 is 1.85 bits per heavy atom. The Bertz CT molecular complexity index is 1690. The topological polar surface area (TPSA) is 78.0 Å². The number of nitrogens with zero attached hydrogens (tertiary/aromatic N) is 2. The molecule has 194 valence electrons. The molecule has 2 aliphatic heterocycles. The Kier molecular flexibility index (Phi) is 5.58. The molecule has 1 atom stereocenters. The van der Waals surface area contributed by atoms with Crippen LogP contribution < -0.4 is 14.4 Å². The van der Waals surface area contributed by atoms with Crippen molar-refractivity contribution in [2.75, 3.05) is 18.3 Å².